The van der Waals surface area contributed by atoms with Crippen LogP contribution in [-0.4, -0.2) is 40.8 Å². The first-order valence-corrected chi connectivity index (χ1v) is 10.6. The second-order valence-corrected chi connectivity index (χ2v) is 8.15. The number of carbonyl (C=O) groups excluding carboxylic acids is 2. The number of fused-ring (bicyclic) bond motifs is 1. The maximum atomic E-state index is 12.9. The van der Waals surface area contributed by atoms with Crippen LogP contribution in [0, 0.1) is 0 Å². The van der Waals surface area contributed by atoms with Crippen molar-refractivity contribution in [2.45, 2.75) is 44.7 Å². The van der Waals surface area contributed by atoms with Crippen molar-refractivity contribution in [2.75, 3.05) is 7.05 Å². The molecule has 0 bridgehead atoms. The maximum absolute atomic E-state index is 12.9. The lowest BCUT2D eigenvalue weighted by molar-refractivity contribution is -0.121. The Labute approximate surface area is 180 Å². The van der Waals surface area contributed by atoms with Crippen LogP contribution in [0.3, 0.4) is 0 Å². The Morgan fingerprint density at radius 1 is 1.20 bits per heavy atom. The zero-order valence-corrected chi connectivity index (χ0v) is 17.8. The summed E-state index contributed by atoms with van der Waals surface area (Å²) in [6, 6.07) is 12.8. The van der Waals surface area contributed by atoms with Crippen LogP contribution in [0.1, 0.15) is 43.0 Å². The highest BCUT2D eigenvalue weighted by Crippen LogP contribution is 2.28. The average molecular weight is 426 g/mol. The zero-order chi connectivity index (χ0) is 21.3. The van der Waals surface area contributed by atoms with E-state index in [0.717, 1.165) is 24.8 Å². The van der Waals surface area contributed by atoms with Crippen molar-refractivity contribution >= 4 is 34.5 Å². The van der Waals surface area contributed by atoms with E-state index in [1.165, 1.54) is 0 Å². The van der Waals surface area contributed by atoms with E-state index in [-0.39, 0.29) is 23.9 Å². The Balaban J connectivity index is 1.44. The second-order valence-electron chi connectivity index (χ2n) is 7.71. The molecule has 2 amide bonds. The number of amides is 2. The summed E-state index contributed by atoms with van der Waals surface area (Å²) < 4.78 is 5.79. The van der Waals surface area contributed by atoms with Gasteiger partial charge in [-0.3, -0.25) is 9.59 Å². The Bertz CT molecular complexity index is 1080. The van der Waals surface area contributed by atoms with Crippen LogP contribution in [0.15, 0.2) is 46.9 Å². The molecular formula is C23H24ClN3O3. The molecule has 2 aromatic carbocycles. The predicted octanol–water partition coefficient (Wildman–Crippen LogP) is 4.67. The standard InChI is InChI=1S/C23H24ClN3O3/c1-3-21(28)25-17-9-10-18(13-17)27(2)23(29)15-6-4-14(5-7-15)22-26-19-12-16(24)8-11-20(19)30-22/h4-8,11-12,17-18H,3,9-10,13H2,1-2H3,(H,25,28)/t17-,18+/m0/s1. The molecule has 2 atom stereocenters. The molecule has 1 aliphatic rings. The highest BCUT2D eigenvalue weighted by atomic mass is 35.5. The quantitative estimate of drug-likeness (QED) is 0.644. The van der Waals surface area contributed by atoms with Crippen molar-refractivity contribution in [3.05, 3.63) is 53.1 Å². The van der Waals surface area contributed by atoms with E-state index in [1.54, 1.807) is 35.2 Å². The molecule has 1 saturated carbocycles. The predicted molar refractivity (Wildman–Crippen MR) is 116 cm³/mol. The van der Waals surface area contributed by atoms with Gasteiger partial charge in [0.15, 0.2) is 5.58 Å². The van der Waals surface area contributed by atoms with Crippen molar-refractivity contribution in [1.29, 1.82) is 0 Å². The number of rotatable bonds is 5. The molecule has 1 fully saturated rings. The summed E-state index contributed by atoms with van der Waals surface area (Å²) in [5.41, 5.74) is 2.77. The normalized spacial score (nSPS) is 18.5. The molecule has 156 valence electrons. The first kappa shape index (κ1) is 20.4. The molecule has 1 aromatic heterocycles. The SMILES string of the molecule is CCC(=O)N[C@H]1CC[C@@H](N(C)C(=O)c2ccc(-c3nc4cc(Cl)ccc4o3)cc2)C1. The minimum atomic E-state index is -0.0293. The second kappa shape index (κ2) is 8.48. The van der Waals surface area contributed by atoms with E-state index in [2.05, 4.69) is 10.3 Å². The van der Waals surface area contributed by atoms with Crippen molar-refractivity contribution < 1.29 is 14.0 Å². The van der Waals surface area contributed by atoms with Gasteiger partial charge in [0.25, 0.3) is 5.91 Å². The molecule has 0 radical (unpaired) electrons. The minimum absolute atomic E-state index is 0.0293. The largest absolute Gasteiger partial charge is 0.436 e. The van der Waals surface area contributed by atoms with Gasteiger partial charge in [0.05, 0.1) is 0 Å². The third kappa shape index (κ3) is 4.19. The van der Waals surface area contributed by atoms with E-state index >= 15 is 0 Å². The van der Waals surface area contributed by atoms with E-state index in [0.29, 0.717) is 34.0 Å². The summed E-state index contributed by atoms with van der Waals surface area (Å²) in [5.74, 6) is 0.523. The first-order valence-electron chi connectivity index (χ1n) is 10.2. The van der Waals surface area contributed by atoms with E-state index in [4.69, 9.17) is 16.0 Å². The monoisotopic (exact) mass is 425 g/mol. The molecule has 1 N–H and O–H groups in total. The van der Waals surface area contributed by atoms with Crippen molar-refractivity contribution in [3.8, 4) is 11.5 Å². The molecule has 7 heteroatoms. The lowest BCUT2D eigenvalue weighted by Crippen LogP contribution is -2.38. The van der Waals surface area contributed by atoms with Crippen molar-refractivity contribution in [3.63, 3.8) is 0 Å². The summed E-state index contributed by atoms with van der Waals surface area (Å²) in [6.45, 7) is 1.84. The Morgan fingerprint density at radius 3 is 2.70 bits per heavy atom. The van der Waals surface area contributed by atoms with Crippen molar-refractivity contribution in [2.24, 2.45) is 0 Å². The fourth-order valence-electron chi connectivity index (χ4n) is 3.92. The fourth-order valence-corrected chi connectivity index (χ4v) is 4.09. The molecule has 0 spiro atoms. The van der Waals surface area contributed by atoms with Gasteiger partial charge >= 0.3 is 0 Å². The lowest BCUT2D eigenvalue weighted by Gasteiger charge is -2.25. The van der Waals surface area contributed by atoms with Gasteiger partial charge in [-0.2, -0.15) is 0 Å². The van der Waals surface area contributed by atoms with Crippen molar-refractivity contribution in [1.82, 2.24) is 15.2 Å². The Kier molecular flexibility index (Phi) is 5.77. The van der Waals surface area contributed by atoms with Crippen LogP contribution >= 0.6 is 11.6 Å². The molecule has 0 saturated heterocycles. The van der Waals surface area contributed by atoms with Crippen LogP contribution in [0.25, 0.3) is 22.6 Å². The Hall–Kier alpha value is -2.86. The minimum Gasteiger partial charge on any atom is -0.436 e. The summed E-state index contributed by atoms with van der Waals surface area (Å²) in [7, 11) is 1.83. The summed E-state index contributed by atoms with van der Waals surface area (Å²) in [6.07, 6.45) is 3.06. The molecule has 1 aliphatic carbocycles. The van der Waals surface area contributed by atoms with E-state index < -0.39 is 0 Å². The number of carbonyl (C=O) groups is 2. The topological polar surface area (TPSA) is 75.4 Å². The summed E-state index contributed by atoms with van der Waals surface area (Å²) >= 11 is 6.01. The number of nitrogens with zero attached hydrogens (tertiary/aromatic N) is 2. The maximum Gasteiger partial charge on any atom is 0.253 e. The number of nitrogens with one attached hydrogen (secondary N) is 1. The highest BCUT2D eigenvalue weighted by molar-refractivity contribution is 6.31. The van der Waals surface area contributed by atoms with Gasteiger partial charge in [-0.05, 0) is 61.7 Å². The number of oxazole rings is 1. The molecule has 3 aromatic rings. The van der Waals surface area contributed by atoms with Gasteiger partial charge in [0, 0.05) is 41.7 Å². The Morgan fingerprint density at radius 2 is 1.97 bits per heavy atom. The first-order chi connectivity index (χ1) is 14.4. The smallest absolute Gasteiger partial charge is 0.253 e. The van der Waals surface area contributed by atoms with Gasteiger partial charge in [-0.15, -0.1) is 0 Å². The van der Waals surface area contributed by atoms with Gasteiger partial charge in [0.1, 0.15) is 5.52 Å². The highest BCUT2D eigenvalue weighted by Gasteiger charge is 2.30. The van der Waals surface area contributed by atoms with E-state index in [9.17, 15) is 9.59 Å². The van der Waals surface area contributed by atoms with Gasteiger partial charge in [-0.25, -0.2) is 4.98 Å². The summed E-state index contributed by atoms with van der Waals surface area (Å²) in [4.78, 5) is 30.8. The number of benzene rings is 2. The van der Waals surface area contributed by atoms with Crippen LogP contribution in [-0.2, 0) is 4.79 Å². The molecule has 0 aliphatic heterocycles. The molecule has 4 rings (SSSR count). The van der Waals surface area contributed by atoms with Crippen LogP contribution < -0.4 is 5.32 Å². The van der Waals surface area contributed by atoms with Crippen LogP contribution in [0.2, 0.25) is 5.02 Å². The number of hydrogen-bond acceptors (Lipinski definition) is 4. The summed E-state index contributed by atoms with van der Waals surface area (Å²) in [5, 5.41) is 3.64. The molecule has 30 heavy (non-hydrogen) atoms. The van der Waals surface area contributed by atoms with Crippen LogP contribution in [0.4, 0.5) is 0 Å². The molecular weight excluding hydrogens is 402 g/mol. The molecule has 6 nitrogen and oxygen atoms in total. The van der Waals surface area contributed by atoms with Gasteiger partial charge < -0.3 is 14.6 Å². The number of halogens is 1. The average Bonchev–Trinajstić information content (AvgIpc) is 3.39. The third-order valence-electron chi connectivity index (χ3n) is 5.69. The fraction of sp³-hybridized carbons (Fsp3) is 0.348. The third-order valence-corrected chi connectivity index (χ3v) is 5.92. The number of hydrogen-bond donors (Lipinski definition) is 1. The lowest BCUT2D eigenvalue weighted by atomic mass is 10.1. The van der Waals surface area contributed by atoms with Crippen LogP contribution in [0.5, 0.6) is 0 Å². The molecule has 1 heterocycles. The van der Waals surface area contributed by atoms with E-state index in [1.807, 2.05) is 26.1 Å². The zero-order valence-electron chi connectivity index (χ0n) is 17.0. The number of aromatic nitrogens is 1. The molecule has 0 unspecified atom stereocenters. The van der Waals surface area contributed by atoms with Gasteiger partial charge in [-0.1, -0.05) is 18.5 Å². The van der Waals surface area contributed by atoms with Gasteiger partial charge in [0.2, 0.25) is 11.8 Å².